The van der Waals surface area contributed by atoms with Gasteiger partial charge in [-0.2, -0.15) is 13.2 Å². The zero-order valence-corrected chi connectivity index (χ0v) is 4.42. The fourth-order valence-electron chi connectivity index (χ4n) is 0. The average Bonchev–Trinajstić information content (AvgIpc) is 1.31. The first-order valence-corrected chi connectivity index (χ1v) is 1.84. The van der Waals surface area contributed by atoms with Crippen molar-refractivity contribution in [3.63, 3.8) is 0 Å². The maximum Gasteiger partial charge on any atom is 0.497 e. The summed E-state index contributed by atoms with van der Waals surface area (Å²) in [5.74, 6) is 0. The van der Waals surface area contributed by atoms with Gasteiger partial charge in [0.05, 0.1) is 16.1 Å². The van der Waals surface area contributed by atoms with Gasteiger partial charge in [-0.05, 0) is 0 Å². The standard InChI is InChI=1S/CBrF4N/c2-7(6)1(3,4)5. The normalized spacial score (nSPS) is 12.9. The monoisotopic (exact) mass is 181 g/mol. The van der Waals surface area contributed by atoms with Crippen LogP contribution < -0.4 is 0 Å². The maximum absolute atomic E-state index is 10.8. The molecule has 0 bridgehead atoms. The van der Waals surface area contributed by atoms with E-state index >= 15 is 0 Å². The summed E-state index contributed by atoms with van der Waals surface area (Å²) in [7, 11) is 0. The molecule has 0 unspecified atom stereocenters. The van der Waals surface area contributed by atoms with Crippen LogP contribution in [0.2, 0.25) is 0 Å². The summed E-state index contributed by atoms with van der Waals surface area (Å²) in [4.78, 5) is 0. The van der Waals surface area contributed by atoms with Crippen molar-refractivity contribution in [2.75, 3.05) is 0 Å². The molecule has 0 aromatic heterocycles. The molecule has 44 valence electrons. The van der Waals surface area contributed by atoms with Gasteiger partial charge in [0.1, 0.15) is 0 Å². The molecule has 0 aliphatic carbocycles. The lowest BCUT2D eigenvalue weighted by atomic mass is 11.2. The Balaban J connectivity index is 3.54. The molecule has 0 atom stereocenters. The van der Waals surface area contributed by atoms with Crippen LogP contribution in [0, 0.1) is 0 Å². The van der Waals surface area contributed by atoms with Crippen molar-refractivity contribution in [1.29, 1.82) is 0 Å². The van der Waals surface area contributed by atoms with E-state index in [1.165, 1.54) is 16.1 Å². The van der Waals surface area contributed by atoms with Gasteiger partial charge in [0.25, 0.3) is 0 Å². The van der Waals surface area contributed by atoms with E-state index in [2.05, 4.69) is 0 Å². The van der Waals surface area contributed by atoms with Gasteiger partial charge in [-0.3, -0.25) is 0 Å². The Morgan fingerprint density at radius 2 is 1.43 bits per heavy atom. The lowest BCUT2D eigenvalue weighted by Gasteiger charge is -2.04. The number of rotatable bonds is 0. The Kier molecular flexibility index (Phi) is 2.00. The van der Waals surface area contributed by atoms with Crippen LogP contribution in [0.15, 0.2) is 0 Å². The van der Waals surface area contributed by atoms with E-state index in [4.69, 9.17) is 0 Å². The molecule has 0 aromatic rings. The van der Waals surface area contributed by atoms with Crippen molar-refractivity contribution in [2.24, 2.45) is 0 Å². The zero-order valence-electron chi connectivity index (χ0n) is 2.84. The van der Waals surface area contributed by atoms with Crippen molar-refractivity contribution in [3.05, 3.63) is 0 Å². The highest BCUT2D eigenvalue weighted by Gasteiger charge is 2.36. The van der Waals surface area contributed by atoms with Crippen LogP contribution in [0.3, 0.4) is 0 Å². The van der Waals surface area contributed by atoms with Crippen molar-refractivity contribution >= 4 is 16.1 Å². The highest BCUT2D eigenvalue weighted by molar-refractivity contribution is 9.07. The minimum atomic E-state index is -4.92. The Morgan fingerprint density at radius 1 is 1.29 bits per heavy atom. The molecule has 0 aromatic carbocycles. The Hall–Kier alpha value is 0.160. The maximum atomic E-state index is 10.8. The van der Waals surface area contributed by atoms with Crippen LogP contribution in [0.1, 0.15) is 0 Å². The summed E-state index contributed by atoms with van der Waals surface area (Å²) in [6, 6.07) is 0. The van der Waals surface area contributed by atoms with Crippen molar-refractivity contribution in [3.8, 4) is 0 Å². The summed E-state index contributed by atoms with van der Waals surface area (Å²) < 4.78 is 41.4. The summed E-state index contributed by atoms with van der Waals surface area (Å²) in [5, 5.41) is 0. The number of nitrogens with zero attached hydrogens (tertiary/aromatic N) is 1. The van der Waals surface area contributed by atoms with Crippen LogP contribution in [0.25, 0.3) is 0 Å². The van der Waals surface area contributed by atoms with Crippen LogP contribution in [0.4, 0.5) is 17.7 Å². The number of hydrogen-bond acceptors (Lipinski definition) is 1. The van der Waals surface area contributed by atoms with Gasteiger partial charge in [-0.1, -0.05) is 0 Å². The fraction of sp³-hybridized carbons (Fsp3) is 1.00. The first-order valence-electron chi connectivity index (χ1n) is 1.13. The summed E-state index contributed by atoms with van der Waals surface area (Å²) >= 11 is 1.54. The highest BCUT2D eigenvalue weighted by Crippen LogP contribution is 2.24. The summed E-state index contributed by atoms with van der Waals surface area (Å²) in [5.41, 5.74) is 0. The van der Waals surface area contributed by atoms with Gasteiger partial charge < -0.3 is 0 Å². The molecule has 0 spiro atoms. The molecule has 0 heterocycles. The number of alkyl halides is 3. The van der Waals surface area contributed by atoms with Gasteiger partial charge >= 0.3 is 6.30 Å². The minimum absolute atomic E-state index is 1.50. The van der Waals surface area contributed by atoms with E-state index in [9.17, 15) is 17.7 Å². The van der Waals surface area contributed by atoms with Crippen molar-refractivity contribution in [2.45, 2.75) is 6.30 Å². The third kappa shape index (κ3) is 2.81. The minimum Gasteiger partial charge on any atom is -0.153 e. The smallest absolute Gasteiger partial charge is 0.153 e. The third-order valence-electron chi connectivity index (χ3n) is 0.192. The summed E-state index contributed by atoms with van der Waals surface area (Å²) in [6.45, 7) is 0. The largest absolute Gasteiger partial charge is 0.497 e. The van der Waals surface area contributed by atoms with E-state index in [1.807, 2.05) is 0 Å². The van der Waals surface area contributed by atoms with Gasteiger partial charge in [-0.15, -0.1) is 4.48 Å². The van der Waals surface area contributed by atoms with Crippen LogP contribution in [-0.2, 0) is 0 Å². The second kappa shape index (κ2) is 1.95. The Bertz CT molecular complexity index is 57.2. The van der Waals surface area contributed by atoms with E-state index < -0.39 is 10.4 Å². The highest BCUT2D eigenvalue weighted by atomic mass is 79.9. The molecule has 7 heavy (non-hydrogen) atoms. The molecule has 6 heteroatoms. The van der Waals surface area contributed by atoms with E-state index in [0.29, 0.717) is 0 Å². The summed E-state index contributed by atoms with van der Waals surface area (Å²) in [6.07, 6.45) is -4.92. The first kappa shape index (κ1) is 7.16. The molecule has 0 rings (SSSR count). The van der Waals surface area contributed by atoms with E-state index in [0.717, 1.165) is 0 Å². The number of halogens is 5. The molecule has 0 radical (unpaired) electrons. The Labute approximate surface area is 45.2 Å². The van der Waals surface area contributed by atoms with Crippen LogP contribution in [0.5, 0.6) is 0 Å². The van der Waals surface area contributed by atoms with Crippen molar-refractivity contribution in [1.82, 2.24) is 4.15 Å². The van der Waals surface area contributed by atoms with Gasteiger partial charge in [0, 0.05) is 4.15 Å². The zero-order chi connectivity index (χ0) is 6.08. The molecule has 0 N–H and O–H groups in total. The predicted molar refractivity (Wildman–Crippen MR) is 17.9 cm³/mol. The SMILES string of the molecule is FN(Br)C(F)(F)F. The second-order valence-electron chi connectivity index (χ2n) is 0.701. The third-order valence-corrected chi connectivity index (χ3v) is 0.594. The Morgan fingerprint density at radius 3 is 1.43 bits per heavy atom. The molecular formula is CBrF4N. The van der Waals surface area contributed by atoms with Gasteiger partial charge in [0.15, 0.2) is 0 Å². The van der Waals surface area contributed by atoms with Crippen LogP contribution >= 0.6 is 16.1 Å². The lowest BCUT2D eigenvalue weighted by molar-refractivity contribution is -0.257. The molecule has 0 saturated heterocycles. The second-order valence-corrected chi connectivity index (χ2v) is 1.32. The molecule has 0 aliphatic heterocycles. The van der Waals surface area contributed by atoms with Gasteiger partial charge in [0.2, 0.25) is 0 Å². The lowest BCUT2D eigenvalue weighted by Crippen LogP contribution is -2.20. The van der Waals surface area contributed by atoms with Crippen LogP contribution in [-0.4, -0.2) is 10.4 Å². The molecule has 0 saturated carbocycles. The molecule has 1 nitrogen and oxygen atoms in total. The van der Waals surface area contributed by atoms with Crippen molar-refractivity contribution < 1.29 is 17.7 Å². The molecule has 0 amide bonds. The molecular weight excluding hydrogens is 182 g/mol. The molecule has 0 fully saturated rings. The quantitative estimate of drug-likeness (QED) is 0.314. The number of hydrogen-bond donors (Lipinski definition) is 0. The topological polar surface area (TPSA) is 3.24 Å². The first-order chi connectivity index (χ1) is 2.94. The predicted octanol–water partition coefficient (Wildman–Crippen LogP) is 2.00. The fourth-order valence-corrected chi connectivity index (χ4v) is 0. The van der Waals surface area contributed by atoms with Gasteiger partial charge in [-0.25, -0.2) is 0 Å². The van der Waals surface area contributed by atoms with E-state index in [1.54, 1.807) is 0 Å². The van der Waals surface area contributed by atoms with E-state index in [-0.39, 0.29) is 0 Å². The molecule has 0 aliphatic rings. The average molecular weight is 182 g/mol.